The van der Waals surface area contributed by atoms with Crippen LogP contribution in [0.4, 0.5) is 8.78 Å². The van der Waals surface area contributed by atoms with Crippen LogP contribution in [0.2, 0.25) is 0 Å². The lowest BCUT2D eigenvalue weighted by atomic mass is 9.99. The van der Waals surface area contributed by atoms with Crippen LogP contribution in [0.3, 0.4) is 0 Å². The highest BCUT2D eigenvalue weighted by Gasteiger charge is 2.14. The van der Waals surface area contributed by atoms with Crippen LogP contribution < -0.4 is 5.73 Å². The van der Waals surface area contributed by atoms with Crippen LogP contribution in [0.1, 0.15) is 17.2 Å². The van der Waals surface area contributed by atoms with Gasteiger partial charge in [-0.15, -0.1) is 0 Å². The number of nitrogens with two attached hydrogens (primary N) is 1. The molecule has 2 N–H and O–H groups in total. The minimum atomic E-state index is -0.678. The number of hydrogen-bond donors (Lipinski definition) is 1. The van der Waals surface area contributed by atoms with Gasteiger partial charge in [0, 0.05) is 10.0 Å². The smallest absolute Gasteiger partial charge is 0.128 e. The van der Waals surface area contributed by atoms with Crippen molar-refractivity contribution in [3.63, 3.8) is 0 Å². The maximum atomic E-state index is 13.5. The minimum absolute atomic E-state index is 0.352. The lowest BCUT2D eigenvalue weighted by molar-refractivity contribution is 0.595. The topological polar surface area (TPSA) is 26.0 Å². The van der Waals surface area contributed by atoms with Crippen molar-refractivity contribution in [2.24, 2.45) is 5.73 Å². The Balaban J connectivity index is 2.43. The molecule has 0 saturated carbocycles. The van der Waals surface area contributed by atoms with E-state index in [1.807, 2.05) is 0 Å². The van der Waals surface area contributed by atoms with Gasteiger partial charge < -0.3 is 5.73 Å². The van der Waals surface area contributed by atoms with Crippen molar-refractivity contribution >= 4 is 15.9 Å². The first-order valence-electron chi connectivity index (χ1n) is 5.04. The average Bonchev–Trinajstić information content (AvgIpc) is 2.27. The van der Waals surface area contributed by atoms with Gasteiger partial charge in [-0.3, -0.25) is 0 Å². The van der Waals surface area contributed by atoms with Crippen molar-refractivity contribution in [3.05, 3.63) is 69.7 Å². The van der Waals surface area contributed by atoms with Crippen LogP contribution >= 0.6 is 15.9 Å². The highest BCUT2D eigenvalue weighted by molar-refractivity contribution is 9.10. The van der Waals surface area contributed by atoms with Gasteiger partial charge in [-0.1, -0.05) is 34.1 Å². The van der Waals surface area contributed by atoms with Crippen molar-refractivity contribution in [2.75, 3.05) is 0 Å². The second-order valence-electron chi connectivity index (χ2n) is 3.70. The van der Waals surface area contributed by atoms with Crippen molar-refractivity contribution in [1.29, 1.82) is 0 Å². The Bertz CT molecular complexity index is 522. The van der Waals surface area contributed by atoms with Crippen LogP contribution in [0.5, 0.6) is 0 Å². The highest BCUT2D eigenvalue weighted by Crippen LogP contribution is 2.25. The lowest BCUT2D eigenvalue weighted by Gasteiger charge is -2.13. The van der Waals surface area contributed by atoms with Gasteiger partial charge in [-0.25, -0.2) is 8.78 Å². The Hall–Kier alpha value is -1.26. The van der Waals surface area contributed by atoms with Crippen molar-refractivity contribution in [2.45, 2.75) is 6.04 Å². The Labute approximate surface area is 106 Å². The van der Waals surface area contributed by atoms with Crippen molar-refractivity contribution < 1.29 is 8.78 Å². The largest absolute Gasteiger partial charge is 0.320 e. The fourth-order valence-corrected chi connectivity index (χ4v) is 2.14. The number of benzene rings is 2. The minimum Gasteiger partial charge on any atom is -0.320 e. The molecule has 1 nitrogen and oxygen atoms in total. The van der Waals surface area contributed by atoms with E-state index in [9.17, 15) is 8.78 Å². The van der Waals surface area contributed by atoms with Gasteiger partial charge in [0.05, 0.1) is 6.04 Å². The molecule has 4 heteroatoms. The monoisotopic (exact) mass is 297 g/mol. The molecule has 0 radical (unpaired) electrons. The van der Waals surface area contributed by atoms with Crippen LogP contribution in [0.25, 0.3) is 0 Å². The third-order valence-electron chi connectivity index (χ3n) is 2.48. The third kappa shape index (κ3) is 2.70. The molecule has 0 aliphatic heterocycles. The molecular formula is C13H10BrF2N. The fraction of sp³-hybridized carbons (Fsp3) is 0.0769. The maximum absolute atomic E-state index is 13.5. The van der Waals surface area contributed by atoms with Crippen LogP contribution in [0.15, 0.2) is 46.9 Å². The molecule has 17 heavy (non-hydrogen) atoms. The molecule has 0 aliphatic carbocycles. The molecule has 88 valence electrons. The summed E-state index contributed by atoms with van der Waals surface area (Å²) in [7, 11) is 0. The number of halogens is 3. The second kappa shape index (κ2) is 4.94. The third-order valence-corrected chi connectivity index (χ3v) is 2.94. The van der Waals surface area contributed by atoms with Crippen LogP contribution in [-0.2, 0) is 0 Å². The molecule has 0 bridgehead atoms. The standard InChI is InChI=1S/C13H10BrF2N/c14-9-5-8(6-10(15)7-9)13(17)11-3-1-2-4-12(11)16/h1-7,13H,17H2. The highest BCUT2D eigenvalue weighted by atomic mass is 79.9. The zero-order chi connectivity index (χ0) is 12.4. The van der Waals surface area contributed by atoms with Crippen LogP contribution in [0, 0.1) is 11.6 Å². The van der Waals surface area contributed by atoms with Gasteiger partial charge in [-0.05, 0) is 29.8 Å². The SMILES string of the molecule is NC(c1cc(F)cc(Br)c1)c1ccccc1F. The van der Waals surface area contributed by atoms with E-state index in [0.29, 0.717) is 15.6 Å². The summed E-state index contributed by atoms with van der Waals surface area (Å²) in [4.78, 5) is 0. The Morgan fingerprint density at radius 1 is 1.06 bits per heavy atom. The van der Waals surface area contributed by atoms with E-state index in [1.54, 1.807) is 24.3 Å². The first-order chi connectivity index (χ1) is 8.08. The van der Waals surface area contributed by atoms with Crippen molar-refractivity contribution in [3.8, 4) is 0 Å². The zero-order valence-corrected chi connectivity index (χ0v) is 10.4. The fourth-order valence-electron chi connectivity index (χ4n) is 1.66. The lowest BCUT2D eigenvalue weighted by Crippen LogP contribution is -2.13. The molecule has 0 heterocycles. The summed E-state index contributed by atoms with van der Waals surface area (Å²) < 4.78 is 27.3. The molecule has 0 saturated heterocycles. The summed E-state index contributed by atoms with van der Waals surface area (Å²) in [6.45, 7) is 0. The van der Waals surface area contributed by atoms with Crippen LogP contribution in [-0.4, -0.2) is 0 Å². The molecule has 2 aromatic rings. The average molecular weight is 298 g/mol. The van der Waals surface area contributed by atoms with E-state index in [-0.39, 0.29) is 5.82 Å². The molecular weight excluding hydrogens is 288 g/mol. The Kier molecular flexibility index (Phi) is 3.54. The normalized spacial score (nSPS) is 12.5. The van der Waals surface area contributed by atoms with Crippen molar-refractivity contribution in [1.82, 2.24) is 0 Å². The summed E-state index contributed by atoms with van der Waals surface area (Å²) >= 11 is 3.18. The van der Waals surface area contributed by atoms with Gasteiger partial charge in [0.15, 0.2) is 0 Å². The summed E-state index contributed by atoms with van der Waals surface area (Å²) in [5.41, 5.74) is 6.81. The first-order valence-corrected chi connectivity index (χ1v) is 5.83. The molecule has 1 atom stereocenters. The molecule has 0 spiro atoms. The predicted octanol–water partition coefficient (Wildman–Crippen LogP) is 3.78. The summed E-state index contributed by atoms with van der Waals surface area (Å²) in [6, 6.07) is 9.87. The molecule has 2 rings (SSSR count). The quantitative estimate of drug-likeness (QED) is 0.897. The van der Waals surface area contributed by atoms with Gasteiger partial charge >= 0.3 is 0 Å². The number of hydrogen-bond acceptors (Lipinski definition) is 1. The summed E-state index contributed by atoms with van der Waals surface area (Å²) in [5, 5.41) is 0. The van der Waals surface area contributed by atoms with E-state index in [2.05, 4.69) is 15.9 Å². The Morgan fingerprint density at radius 2 is 1.76 bits per heavy atom. The van der Waals surface area contributed by atoms with E-state index in [0.717, 1.165) is 0 Å². The molecule has 0 aliphatic rings. The van der Waals surface area contributed by atoms with E-state index >= 15 is 0 Å². The van der Waals surface area contributed by atoms with E-state index in [1.165, 1.54) is 18.2 Å². The summed E-state index contributed by atoms with van der Waals surface area (Å²) in [5.74, 6) is -0.790. The zero-order valence-electron chi connectivity index (χ0n) is 8.83. The molecule has 0 fully saturated rings. The first kappa shape index (κ1) is 12.2. The second-order valence-corrected chi connectivity index (χ2v) is 4.62. The summed E-state index contributed by atoms with van der Waals surface area (Å²) in [6.07, 6.45) is 0. The van der Waals surface area contributed by atoms with E-state index in [4.69, 9.17) is 5.73 Å². The molecule has 0 amide bonds. The molecule has 0 aromatic heterocycles. The molecule has 1 unspecified atom stereocenters. The molecule has 2 aromatic carbocycles. The van der Waals surface area contributed by atoms with Gasteiger partial charge in [0.1, 0.15) is 11.6 Å². The van der Waals surface area contributed by atoms with E-state index < -0.39 is 11.9 Å². The van der Waals surface area contributed by atoms with Gasteiger partial charge in [0.2, 0.25) is 0 Å². The number of rotatable bonds is 2. The maximum Gasteiger partial charge on any atom is 0.128 e. The van der Waals surface area contributed by atoms with Gasteiger partial charge in [-0.2, -0.15) is 0 Å². The van der Waals surface area contributed by atoms with Gasteiger partial charge in [0.25, 0.3) is 0 Å². The predicted molar refractivity (Wildman–Crippen MR) is 66.5 cm³/mol. The Morgan fingerprint density at radius 3 is 2.41 bits per heavy atom.